The molecule has 0 bridgehead atoms. The number of hydrogen-bond donors (Lipinski definition) is 3. The van der Waals surface area contributed by atoms with E-state index in [0.29, 0.717) is 11.3 Å². The van der Waals surface area contributed by atoms with Crippen LogP contribution in [0.15, 0.2) is 18.3 Å². The highest BCUT2D eigenvalue weighted by molar-refractivity contribution is 7.96. The quantitative estimate of drug-likeness (QED) is 0.470. The number of hydrogen-bond acceptors (Lipinski definition) is 7. The molecule has 0 atom stereocenters. The van der Waals surface area contributed by atoms with E-state index in [-0.39, 0.29) is 0 Å². The van der Waals surface area contributed by atoms with Gasteiger partial charge < -0.3 is 11.2 Å². The standard InChI is InChI=1S/C14H19N7S/c1-9-19-12-13(21(9)17-7-4-8-18-22-2)11-10(20-14(12)15)5-3-6-16-11/h3,5-6,17-18H,4,7-8H2,1-2H3,(H2,15,20). The second kappa shape index (κ2) is 6.37. The third kappa shape index (κ3) is 2.67. The van der Waals surface area contributed by atoms with E-state index in [1.54, 1.807) is 18.1 Å². The molecule has 3 heterocycles. The summed E-state index contributed by atoms with van der Waals surface area (Å²) in [5.41, 5.74) is 12.6. The maximum absolute atomic E-state index is 6.04. The van der Waals surface area contributed by atoms with Crippen LogP contribution in [0.2, 0.25) is 0 Å². The summed E-state index contributed by atoms with van der Waals surface area (Å²) in [5, 5.41) is 0. The normalized spacial score (nSPS) is 11.4. The van der Waals surface area contributed by atoms with E-state index >= 15 is 0 Å². The molecule has 22 heavy (non-hydrogen) atoms. The van der Waals surface area contributed by atoms with Gasteiger partial charge >= 0.3 is 0 Å². The molecular weight excluding hydrogens is 298 g/mol. The summed E-state index contributed by atoms with van der Waals surface area (Å²) in [6, 6.07) is 3.77. The van der Waals surface area contributed by atoms with Crippen molar-refractivity contribution in [3.8, 4) is 0 Å². The SMILES string of the molecule is CSNCCCNn1c(C)nc2c(N)nc3cccnc3c21. The van der Waals surface area contributed by atoms with E-state index in [1.807, 2.05) is 30.0 Å². The van der Waals surface area contributed by atoms with Crippen molar-refractivity contribution in [3.05, 3.63) is 24.2 Å². The van der Waals surface area contributed by atoms with Crippen LogP contribution >= 0.6 is 11.9 Å². The number of nitrogens with one attached hydrogen (secondary N) is 2. The number of nitrogens with zero attached hydrogens (tertiary/aromatic N) is 4. The molecule has 0 amide bonds. The molecule has 0 aliphatic heterocycles. The number of pyridine rings is 2. The minimum absolute atomic E-state index is 0.434. The van der Waals surface area contributed by atoms with Gasteiger partial charge in [0.25, 0.3) is 0 Å². The lowest BCUT2D eigenvalue weighted by Crippen LogP contribution is -2.20. The van der Waals surface area contributed by atoms with E-state index in [0.717, 1.165) is 41.9 Å². The first-order chi connectivity index (χ1) is 10.7. The molecular formula is C14H19N7S. The van der Waals surface area contributed by atoms with Gasteiger partial charge in [-0.2, -0.15) is 0 Å². The van der Waals surface area contributed by atoms with Gasteiger partial charge in [0.1, 0.15) is 22.4 Å². The molecule has 7 nitrogen and oxygen atoms in total. The van der Waals surface area contributed by atoms with Crippen LogP contribution in [0.3, 0.4) is 0 Å². The van der Waals surface area contributed by atoms with Crippen LogP contribution in [0, 0.1) is 6.92 Å². The zero-order valence-electron chi connectivity index (χ0n) is 12.6. The maximum Gasteiger partial charge on any atom is 0.152 e. The van der Waals surface area contributed by atoms with Crippen LogP contribution in [0.4, 0.5) is 5.82 Å². The smallest absolute Gasteiger partial charge is 0.152 e. The molecule has 4 N–H and O–H groups in total. The van der Waals surface area contributed by atoms with Crippen LogP contribution < -0.4 is 15.9 Å². The number of aromatic nitrogens is 4. The van der Waals surface area contributed by atoms with Crippen molar-refractivity contribution in [1.29, 1.82) is 0 Å². The van der Waals surface area contributed by atoms with Gasteiger partial charge in [-0.05, 0) is 31.7 Å². The first-order valence-electron chi connectivity index (χ1n) is 7.11. The Hall–Kier alpha value is -2.06. The highest BCUT2D eigenvalue weighted by atomic mass is 32.2. The van der Waals surface area contributed by atoms with Gasteiger partial charge in [0.05, 0.1) is 5.52 Å². The van der Waals surface area contributed by atoms with Crippen molar-refractivity contribution in [3.63, 3.8) is 0 Å². The summed E-state index contributed by atoms with van der Waals surface area (Å²) in [4.78, 5) is 13.4. The molecule has 0 aromatic carbocycles. The summed E-state index contributed by atoms with van der Waals surface area (Å²) in [5.74, 6) is 1.28. The average molecular weight is 317 g/mol. The zero-order valence-corrected chi connectivity index (χ0v) is 13.4. The van der Waals surface area contributed by atoms with Gasteiger partial charge in [-0.3, -0.25) is 9.71 Å². The molecule has 3 aromatic rings. The summed E-state index contributed by atoms with van der Waals surface area (Å²) in [6.45, 7) is 3.72. The molecule has 116 valence electrons. The molecule has 0 fully saturated rings. The molecule has 0 aliphatic carbocycles. The van der Waals surface area contributed by atoms with Gasteiger partial charge in [-0.1, -0.05) is 11.9 Å². The zero-order chi connectivity index (χ0) is 15.5. The third-order valence-corrected chi connectivity index (χ3v) is 3.90. The number of imidazole rings is 1. The fraction of sp³-hybridized carbons (Fsp3) is 0.357. The van der Waals surface area contributed by atoms with Crippen molar-refractivity contribution in [1.82, 2.24) is 24.4 Å². The van der Waals surface area contributed by atoms with E-state index in [1.165, 1.54) is 0 Å². The first kappa shape index (κ1) is 14.9. The van der Waals surface area contributed by atoms with Gasteiger partial charge in [0.2, 0.25) is 0 Å². The second-order valence-corrected chi connectivity index (χ2v) is 5.62. The molecule has 3 aromatic heterocycles. The summed E-state index contributed by atoms with van der Waals surface area (Å²) < 4.78 is 5.19. The van der Waals surface area contributed by atoms with Crippen molar-refractivity contribution in [2.45, 2.75) is 13.3 Å². The molecule has 0 aliphatic rings. The fourth-order valence-corrected chi connectivity index (χ4v) is 2.78. The molecule has 0 radical (unpaired) electrons. The van der Waals surface area contributed by atoms with Crippen molar-refractivity contribution >= 4 is 39.8 Å². The Labute approximate surface area is 132 Å². The molecule has 0 unspecified atom stereocenters. The van der Waals surface area contributed by atoms with E-state index in [2.05, 4.69) is 25.1 Å². The van der Waals surface area contributed by atoms with Crippen LogP contribution in [-0.2, 0) is 0 Å². The second-order valence-electron chi connectivity index (χ2n) is 4.92. The van der Waals surface area contributed by atoms with E-state index < -0.39 is 0 Å². The molecule has 3 rings (SSSR count). The van der Waals surface area contributed by atoms with Gasteiger partial charge in [-0.15, -0.1) is 0 Å². The molecule has 0 spiro atoms. The van der Waals surface area contributed by atoms with E-state index in [9.17, 15) is 0 Å². The maximum atomic E-state index is 6.04. The minimum Gasteiger partial charge on any atom is -0.382 e. The van der Waals surface area contributed by atoms with Crippen LogP contribution in [0.1, 0.15) is 12.2 Å². The predicted molar refractivity (Wildman–Crippen MR) is 92.3 cm³/mol. The Morgan fingerprint density at radius 3 is 2.95 bits per heavy atom. The van der Waals surface area contributed by atoms with Gasteiger partial charge in [-0.25, -0.2) is 14.6 Å². The van der Waals surface area contributed by atoms with E-state index in [4.69, 9.17) is 5.73 Å². The van der Waals surface area contributed by atoms with Crippen LogP contribution in [0.5, 0.6) is 0 Å². The lowest BCUT2D eigenvalue weighted by Gasteiger charge is -2.11. The molecule has 0 saturated carbocycles. The average Bonchev–Trinajstić information content (AvgIpc) is 2.85. The number of nitrogen functional groups attached to an aromatic ring is 1. The predicted octanol–water partition coefficient (Wildman–Crippen LogP) is 1.67. The monoisotopic (exact) mass is 317 g/mol. The topological polar surface area (TPSA) is 93.7 Å². The van der Waals surface area contributed by atoms with Crippen molar-refractivity contribution < 1.29 is 0 Å². The molecule has 0 saturated heterocycles. The number of fused-ring (bicyclic) bond motifs is 3. The van der Waals surface area contributed by atoms with Crippen LogP contribution in [0.25, 0.3) is 22.1 Å². The molecule has 8 heteroatoms. The Morgan fingerprint density at radius 1 is 1.27 bits per heavy atom. The number of aryl methyl sites for hydroxylation is 1. The Kier molecular flexibility index (Phi) is 4.30. The van der Waals surface area contributed by atoms with Crippen molar-refractivity contribution in [2.75, 3.05) is 30.5 Å². The first-order valence-corrected chi connectivity index (χ1v) is 8.34. The highest BCUT2D eigenvalue weighted by Gasteiger charge is 2.15. The minimum atomic E-state index is 0.434. The van der Waals surface area contributed by atoms with Crippen LogP contribution in [-0.4, -0.2) is 39.0 Å². The summed E-state index contributed by atoms with van der Waals surface area (Å²) >= 11 is 1.63. The lowest BCUT2D eigenvalue weighted by molar-refractivity contribution is 0.753. The van der Waals surface area contributed by atoms with Gasteiger partial charge in [0.15, 0.2) is 5.82 Å². The highest BCUT2D eigenvalue weighted by Crippen LogP contribution is 2.26. The van der Waals surface area contributed by atoms with Gasteiger partial charge in [0, 0.05) is 19.3 Å². The Morgan fingerprint density at radius 2 is 2.14 bits per heavy atom. The summed E-state index contributed by atoms with van der Waals surface area (Å²) in [7, 11) is 0. The number of nitrogens with two attached hydrogens (primary N) is 1. The lowest BCUT2D eigenvalue weighted by atomic mass is 10.3. The number of rotatable bonds is 6. The Balaban J connectivity index is 2.00. The summed E-state index contributed by atoms with van der Waals surface area (Å²) in [6.07, 6.45) is 4.79. The number of anilines is 1. The Bertz CT molecular complexity index is 799. The largest absolute Gasteiger partial charge is 0.382 e. The fourth-order valence-electron chi connectivity index (χ4n) is 2.43. The third-order valence-electron chi connectivity index (χ3n) is 3.41. The van der Waals surface area contributed by atoms with Crippen molar-refractivity contribution in [2.24, 2.45) is 0 Å².